The van der Waals surface area contributed by atoms with E-state index in [4.69, 9.17) is 0 Å². The fourth-order valence-corrected chi connectivity index (χ4v) is 2.73. The number of nitrogens with one attached hydrogen (secondary N) is 1. The summed E-state index contributed by atoms with van der Waals surface area (Å²) in [5, 5.41) is 4.53. The van der Waals surface area contributed by atoms with Crippen LogP contribution in [0.5, 0.6) is 0 Å². The number of amidine groups is 1. The molecule has 1 aliphatic rings. The molecule has 1 aromatic rings. The van der Waals surface area contributed by atoms with Crippen LogP contribution in [-0.2, 0) is 5.41 Å². The summed E-state index contributed by atoms with van der Waals surface area (Å²) in [6, 6.07) is 8.50. The molecule has 1 aliphatic heterocycles. The van der Waals surface area contributed by atoms with E-state index in [1.807, 2.05) is 11.8 Å². The zero-order valence-electron chi connectivity index (χ0n) is 10.8. The molecule has 0 amide bonds. The van der Waals surface area contributed by atoms with Crippen molar-refractivity contribution in [3.05, 3.63) is 29.8 Å². The SMILES string of the molecule is CC(C)(C)c1ccccc1NC1=NCCCS1. The number of anilines is 1. The Kier molecular flexibility index (Phi) is 3.77. The first-order valence-electron chi connectivity index (χ1n) is 6.11. The Morgan fingerprint density at radius 3 is 2.65 bits per heavy atom. The molecule has 0 aliphatic carbocycles. The van der Waals surface area contributed by atoms with Crippen molar-refractivity contribution in [1.82, 2.24) is 0 Å². The number of thioether (sulfide) groups is 1. The van der Waals surface area contributed by atoms with E-state index in [1.165, 1.54) is 23.4 Å². The standard InChI is InChI=1S/C14H20N2S/c1-14(2,3)11-7-4-5-8-12(11)16-13-15-9-6-10-17-13/h4-5,7-8H,6,9-10H2,1-3H3,(H,15,16). The van der Waals surface area contributed by atoms with Gasteiger partial charge in [0.25, 0.3) is 0 Å². The molecule has 92 valence electrons. The number of para-hydroxylation sites is 1. The van der Waals surface area contributed by atoms with Crippen LogP contribution in [0.3, 0.4) is 0 Å². The Hall–Kier alpha value is -0.960. The summed E-state index contributed by atoms with van der Waals surface area (Å²) in [5.41, 5.74) is 2.69. The van der Waals surface area contributed by atoms with Crippen LogP contribution >= 0.6 is 11.8 Å². The minimum Gasteiger partial charge on any atom is -0.335 e. The molecule has 2 rings (SSSR count). The van der Waals surface area contributed by atoms with Crippen molar-refractivity contribution in [3.8, 4) is 0 Å². The minimum absolute atomic E-state index is 0.156. The average Bonchev–Trinajstić information content (AvgIpc) is 2.30. The van der Waals surface area contributed by atoms with Crippen molar-refractivity contribution in [2.45, 2.75) is 32.6 Å². The third kappa shape index (κ3) is 3.25. The van der Waals surface area contributed by atoms with Crippen LogP contribution in [0, 0.1) is 0 Å². The Labute approximate surface area is 108 Å². The molecule has 0 saturated carbocycles. The summed E-state index contributed by atoms with van der Waals surface area (Å²) >= 11 is 1.82. The molecule has 3 heteroatoms. The first-order valence-corrected chi connectivity index (χ1v) is 7.10. The molecule has 2 nitrogen and oxygen atoms in total. The van der Waals surface area contributed by atoms with Crippen molar-refractivity contribution >= 4 is 22.6 Å². The lowest BCUT2D eigenvalue weighted by Gasteiger charge is -2.24. The molecule has 0 aromatic heterocycles. The highest BCUT2D eigenvalue weighted by molar-refractivity contribution is 8.14. The first kappa shape index (κ1) is 12.5. The summed E-state index contributed by atoms with van der Waals surface area (Å²) < 4.78 is 0. The molecule has 0 fully saturated rings. The van der Waals surface area contributed by atoms with Crippen LogP contribution in [0.2, 0.25) is 0 Å². The Morgan fingerprint density at radius 2 is 2.00 bits per heavy atom. The van der Waals surface area contributed by atoms with Crippen molar-refractivity contribution in [2.24, 2.45) is 4.99 Å². The molecule has 0 radical (unpaired) electrons. The van der Waals surface area contributed by atoms with Gasteiger partial charge in [-0.3, -0.25) is 4.99 Å². The average molecular weight is 248 g/mol. The normalized spacial score (nSPS) is 16.5. The Bertz CT molecular complexity index is 418. The number of nitrogens with zero attached hydrogens (tertiary/aromatic N) is 1. The number of rotatable bonds is 1. The summed E-state index contributed by atoms with van der Waals surface area (Å²) in [5.74, 6) is 1.17. The fraction of sp³-hybridized carbons (Fsp3) is 0.500. The zero-order chi connectivity index (χ0) is 12.3. The third-order valence-electron chi connectivity index (χ3n) is 2.77. The number of aliphatic imine (C=N–C) groups is 1. The maximum Gasteiger partial charge on any atom is 0.161 e. The predicted octanol–water partition coefficient (Wildman–Crippen LogP) is 3.89. The molecular weight excluding hydrogens is 228 g/mol. The van der Waals surface area contributed by atoms with Gasteiger partial charge in [-0.1, -0.05) is 50.7 Å². The highest BCUT2D eigenvalue weighted by Gasteiger charge is 2.18. The maximum atomic E-state index is 4.52. The van der Waals surface area contributed by atoms with Gasteiger partial charge in [0, 0.05) is 18.0 Å². The van der Waals surface area contributed by atoms with Gasteiger partial charge in [0.05, 0.1) is 0 Å². The van der Waals surface area contributed by atoms with E-state index in [9.17, 15) is 0 Å². The lowest BCUT2D eigenvalue weighted by Crippen LogP contribution is -2.19. The van der Waals surface area contributed by atoms with E-state index in [-0.39, 0.29) is 5.41 Å². The van der Waals surface area contributed by atoms with Gasteiger partial charge in [-0.25, -0.2) is 0 Å². The number of benzene rings is 1. The second kappa shape index (κ2) is 5.13. The van der Waals surface area contributed by atoms with Crippen molar-refractivity contribution in [3.63, 3.8) is 0 Å². The van der Waals surface area contributed by atoms with Crippen LogP contribution in [0.15, 0.2) is 29.3 Å². The lowest BCUT2D eigenvalue weighted by atomic mass is 9.86. The van der Waals surface area contributed by atoms with E-state index in [2.05, 4.69) is 55.3 Å². The van der Waals surface area contributed by atoms with Gasteiger partial charge in [-0.15, -0.1) is 0 Å². The van der Waals surface area contributed by atoms with E-state index in [1.54, 1.807) is 0 Å². The predicted molar refractivity (Wildman–Crippen MR) is 78.1 cm³/mol. The summed E-state index contributed by atoms with van der Waals surface area (Å²) in [7, 11) is 0. The summed E-state index contributed by atoms with van der Waals surface area (Å²) in [6.07, 6.45) is 1.19. The van der Waals surface area contributed by atoms with Crippen LogP contribution in [0.4, 0.5) is 5.69 Å². The molecule has 1 aromatic carbocycles. The molecule has 0 spiro atoms. The molecule has 0 atom stereocenters. The quantitative estimate of drug-likeness (QED) is 0.815. The smallest absolute Gasteiger partial charge is 0.161 e. The lowest BCUT2D eigenvalue weighted by molar-refractivity contribution is 0.592. The molecule has 0 unspecified atom stereocenters. The largest absolute Gasteiger partial charge is 0.335 e. The van der Waals surface area contributed by atoms with Gasteiger partial charge in [-0.2, -0.15) is 0 Å². The number of hydrogen-bond donors (Lipinski definition) is 1. The monoisotopic (exact) mass is 248 g/mol. The summed E-state index contributed by atoms with van der Waals surface area (Å²) in [4.78, 5) is 4.52. The minimum atomic E-state index is 0.156. The van der Waals surface area contributed by atoms with Gasteiger partial charge in [-0.05, 0) is 23.5 Å². The van der Waals surface area contributed by atoms with E-state index >= 15 is 0 Å². The number of hydrogen-bond acceptors (Lipinski definition) is 3. The molecule has 0 bridgehead atoms. The Balaban J connectivity index is 2.23. The van der Waals surface area contributed by atoms with Crippen molar-refractivity contribution < 1.29 is 0 Å². The van der Waals surface area contributed by atoms with Gasteiger partial charge < -0.3 is 5.32 Å². The van der Waals surface area contributed by atoms with Gasteiger partial charge in [0.1, 0.15) is 0 Å². The third-order valence-corrected chi connectivity index (χ3v) is 3.77. The van der Waals surface area contributed by atoms with Crippen molar-refractivity contribution in [2.75, 3.05) is 17.6 Å². The van der Waals surface area contributed by atoms with E-state index in [0.717, 1.165) is 11.7 Å². The molecule has 17 heavy (non-hydrogen) atoms. The summed E-state index contributed by atoms with van der Waals surface area (Å²) in [6.45, 7) is 7.67. The first-order chi connectivity index (χ1) is 8.07. The topological polar surface area (TPSA) is 24.4 Å². The van der Waals surface area contributed by atoms with Crippen LogP contribution in [0.25, 0.3) is 0 Å². The fourth-order valence-electron chi connectivity index (χ4n) is 1.90. The Morgan fingerprint density at radius 1 is 1.24 bits per heavy atom. The highest BCUT2D eigenvalue weighted by Crippen LogP contribution is 2.30. The van der Waals surface area contributed by atoms with E-state index in [0.29, 0.717) is 0 Å². The van der Waals surface area contributed by atoms with Gasteiger partial charge in [0.15, 0.2) is 5.17 Å². The highest BCUT2D eigenvalue weighted by atomic mass is 32.2. The maximum absolute atomic E-state index is 4.52. The second-order valence-electron chi connectivity index (χ2n) is 5.31. The van der Waals surface area contributed by atoms with Gasteiger partial charge >= 0.3 is 0 Å². The molecule has 0 saturated heterocycles. The van der Waals surface area contributed by atoms with Gasteiger partial charge in [0.2, 0.25) is 0 Å². The molecular formula is C14H20N2S. The molecule has 1 N–H and O–H groups in total. The van der Waals surface area contributed by atoms with Crippen LogP contribution in [0.1, 0.15) is 32.8 Å². The van der Waals surface area contributed by atoms with Crippen molar-refractivity contribution in [1.29, 1.82) is 0 Å². The second-order valence-corrected chi connectivity index (χ2v) is 6.39. The molecule has 1 heterocycles. The van der Waals surface area contributed by atoms with Crippen LogP contribution < -0.4 is 5.32 Å². The zero-order valence-corrected chi connectivity index (χ0v) is 11.6. The van der Waals surface area contributed by atoms with Crippen LogP contribution in [-0.4, -0.2) is 17.5 Å². The van der Waals surface area contributed by atoms with E-state index < -0.39 is 0 Å².